The van der Waals surface area contributed by atoms with Crippen LogP contribution in [0.15, 0.2) is 29.8 Å². The number of nitrogens with zero attached hydrogens (tertiary/aromatic N) is 1. The molecule has 0 bridgehead atoms. The van der Waals surface area contributed by atoms with E-state index in [0.717, 1.165) is 38.9 Å². The summed E-state index contributed by atoms with van der Waals surface area (Å²) in [6, 6.07) is 6.60. The van der Waals surface area contributed by atoms with Gasteiger partial charge in [0.15, 0.2) is 0 Å². The van der Waals surface area contributed by atoms with Crippen molar-refractivity contribution in [1.82, 2.24) is 4.98 Å². The topological polar surface area (TPSA) is 39.2 Å². The van der Waals surface area contributed by atoms with Crippen LogP contribution in [0.5, 0.6) is 5.75 Å². The molecule has 0 saturated carbocycles. The van der Waals surface area contributed by atoms with E-state index in [1.165, 1.54) is 11.1 Å². The maximum atomic E-state index is 10.9. The zero-order valence-electron chi connectivity index (χ0n) is 16.7. The van der Waals surface area contributed by atoms with Gasteiger partial charge in [-0.25, -0.2) is 0 Å². The maximum absolute atomic E-state index is 10.9. The van der Waals surface area contributed by atoms with E-state index in [4.69, 9.17) is 4.74 Å². The molecule has 0 amide bonds. The van der Waals surface area contributed by atoms with E-state index >= 15 is 0 Å². The fraction of sp³-hybridized carbons (Fsp3) is 0.391. The molecule has 2 heterocycles. The van der Waals surface area contributed by atoms with Gasteiger partial charge in [-0.15, -0.1) is 11.3 Å². The predicted octanol–water partition coefficient (Wildman–Crippen LogP) is 6.35. The highest BCUT2D eigenvalue weighted by atomic mass is 32.1. The van der Waals surface area contributed by atoms with Gasteiger partial charge in [-0.05, 0) is 47.4 Å². The minimum atomic E-state index is 0.340. The summed E-state index contributed by atoms with van der Waals surface area (Å²) in [5.41, 5.74) is 5.68. The molecule has 0 radical (unpaired) electrons. The third-order valence-electron chi connectivity index (χ3n) is 4.82. The lowest BCUT2D eigenvalue weighted by molar-refractivity contribution is -0.107. The van der Waals surface area contributed by atoms with Crippen molar-refractivity contribution in [2.24, 2.45) is 0 Å². The Balaban J connectivity index is 2.30. The molecule has 3 aromatic rings. The summed E-state index contributed by atoms with van der Waals surface area (Å²) in [4.78, 5) is 15.3. The molecule has 4 heteroatoms. The van der Waals surface area contributed by atoms with Gasteiger partial charge in [0.05, 0.1) is 11.3 Å². The standard InChI is InChI=1S/C23H27NO2S/c1-6-26-23-18(15(4)5)9-16(14(2)3)10-20(23)21-13-27-22-12-24-17(7-8-25)11-19(21)22/h8-15H,6-7H2,1-5H3. The number of carbonyl (C=O) groups is 1. The summed E-state index contributed by atoms with van der Waals surface area (Å²) >= 11 is 1.68. The molecule has 0 atom stereocenters. The Morgan fingerprint density at radius 3 is 2.52 bits per heavy atom. The van der Waals surface area contributed by atoms with Crippen molar-refractivity contribution in [2.75, 3.05) is 6.61 Å². The van der Waals surface area contributed by atoms with Crippen LogP contribution in [-0.4, -0.2) is 17.9 Å². The Kier molecular flexibility index (Phi) is 5.95. The van der Waals surface area contributed by atoms with E-state index < -0.39 is 0 Å². The van der Waals surface area contributed by atoms with Crippen LogP contribution in [0.2, 0.25) is 0 Å². The summed E-state index contributed by atoms with van der Waals surface area (Å²) in [6.45, 7) is 11.5. The molecule has 0 aliphatic heterocycles. The predicted molar refractivity (Wildman–Crippen MR) is 114 cm³/mol. The van der Waals surface area contributed by atoms with Gasteiger partial charge in [0.1, 0.15) is 12.0 Å². The monoisotopic (exact) mass is 381 g/mol. The number of aromatic nitrogens is 1. The molecular formula is C23H27NO2S. The minimum absolute atomic E-state index is 0.340. The van der Waals surface area contributed by atoms with Crippen molar-refractivity contribution in [2.45, 2.75) is 52.9 Å². The summed E-state index contributed by atoms with van der Waals surface area (Å²) in [5, 5.41) is 3.33. The number of carbonyl (C=O) groups excluding carboxylic acids is 1. The van der Waals surface area contributed by atoms with Crippen LogP contribution in [0.3, 0.4) is 0 Å². The molecule has 0 aliphatic rings. The molecular weight excluding hydrogens is 354 g/mol. The first-order chi connectivity index (χ1) is 13.0. The highest BCUT2D eigenvalue weighted by Gasteiger charge is 2.20. The van der Waals surface area contributed by atoms with Gasteiger partial charge < -0.3 is 9.53 Å². The summed E-state index contributed by atoms with van der Waals surface area (Å²) in [5.74, 6) is 1.79. The molecule has 27 heavy (non-hydrogen) atoms. The van der Waals surface area contributed by atoms with Gasteiger partial charge in [-0.3, -0.25) is 4.98 Å². The molecule has 3 rings (SSSR count). The van der Waals surface area contributed by atoms with Gasteiger partial charge in [-0.1, -0.05) is 33.8 Å². The molecule has 0 unspecified atom stereocenters. The number of hydrogen-bond acceptors (Lipinski definition) is 4. The van der Waals surface area contributed by atoms with Crippen LogP contribution >= 0.6 is 11.3 Å². The van der Waals surface area contributed by atoms with Crippen molar-refractivity contribution in [1.29, 1.82) is 0 Å². The average Bonchev–Trinajstić information content (AvgIpc) is 3.05. The first-order valence-electron chi connectivity index (χ1n) is 9.57. The van der Waals surface area contributed by atoms with E-state index in [1.807, 2.05) is 19.2 Å². The third kappa shape index (κ3) is 3.91. The molecule has 2 aromatic heterocycles. The Bertz CT molecular complexity index is 956. The Labute approximate surface area is 165 Å². The normalized spacial score (nSPS) is 11.5. The van der Waals surface area contributed by atoms with E-state index in [-0.39, 0.29) is 0 Å². The third-order valence-corrected chi connectivity index (χ3v) is 5.75. The lowest BCUT2D eigenvalue weighted by Crippen LogP contribution is -2.03. The first-order valence-corrected chi connectivity index (χ1v) is 10.4. The molecule has 3 nitrogen and oxygen atoms in total. The summed E-state index contributed by atoms with van der Waals surface area (Å²) in [6.07, 6.45) is 3.12. The van der Waals surface area contributed by atoms with Crippen LogP contribution in [0.1, 0.15) is 63.3 Å². The second-order valence-corrected chi connectivity index (χ2v) is 8.33. The smallest absolute Gasteiger partial charge is 0.130 e. The van der Waals surface area contributed by atoms with Gasteiger partial charge in [0.2, 0.25) is 0 Å². The Hall–Kier alpha value is -2.20. The SMILES string of the molecule is CCOc1c(-c2csc3cnc(CC=O)cc23)cc(C(C)C)cc1C(C)C. The number of pyridine rings is 1. The summed E-state index contributed by atoms with van der Waals surface area (Å²) in [7, 11) is 0. The molecule has 0 saturated heterocycles. The van der Waals surface area contributed by atoms with Crippen LogP contribution < -0.4 is 4.74 Å². The van der Waals surface area contributed by atoms with E-state index in [0.29, 0.717) is 24.9 Å². The number of rotatable bonds is 7. The lowest BCUT2D eigenvalue weighted by Gasteiger charge is -2.20. The lowest BCUT2D eigenvalue weighted by atomic mass is 9.89. The minimum Gasteiger partial charge on any atom is -0.493 e. The molecule has 0 fully saturated rings. The number of thiophene rings is 1. The molecule has 0 N–H and O–H groups in total. The van der Waals surface area contributed by atoms with Crippen LogP contribution in [-0.2, 0) is 11.2 Å². The number of ether oxygens (including phenoxy) is 1. The number of benzene rings is 1. The van der Waals surface area contributed by atoms with Crippen molar-refractivity contribution in [3.63, 3.8) is 0 Å². The number of aldehydes is 1. The second kappa shape index (κ2) is 8.22. The Morgan fingerprint density at radius 1 is 1.11 bits per heavy atom. The van der Waals surface area contributed by atoms with Crippen molar-refractivity contribution < 1.29 is 9.53 Å². The van der Waals surface area contributed by atoms with E-state index in [1.54, 1.807) is 11.3 Å². The van der Waals surface area contributed by atoms with Crippen LogP contribution in [0, 0.1) is 0 Å². The second-order valence-electron chi connectivity index (χ2n) is 7.42. The largest absolute Gasteiger partial charge is 0.493 e. The Morgan fingerprint density at radius 2 is 1.89 bits per heavy atom. The zero-order valence-corrected chi connectivity index (χ0v) is 17.5. The van der Waals surface area contributed by atoms with E-state index in [2.05, 4.69) is 50.2 Å². The highest BCUT2D eigenvalue weighted by Crippen LogP contribution is 2.44. The molecule has 0 aliphatic carbocycles. The molecule has 0 spiro atoms. The number of fused-ring (bicyclic) bond motifs is 1. The molecule has 142 valence electrons. The highest BCUT2D eigenvalue weighted by molar-refractivity contribution is 7.17. The molecule has 1 aromatic carbocycles. The van der Waals surface area contributed by atoms with Crippen molar-refractivity contribution in [3.05, 3.63) is 46.6 Å². The number of hydrogen-bond donors (Lipinski definition) is 0. The first kappa shape index (κ1) is 19.6. The fourth-order valence-corrected chi connectivity index (χ4v) is 4.23. The van der Waals surface area contributed by atoms with Crippen molar-refractivity contribution in [3.8, 4) is 16.9 Å². The van der Waals surface area contributed by atoms with Gasteiger partial charge in [-0.2, -0.15) is 0 Å². The quantitative estimate of drug-likeness (QED) is 0.448. The van der Waals surface area contributed by atoms with Gasteiger partial charge >= 0.3 is 0 Å². The van der Waals surface area contributed by atoms with Gasteiger partial charge in [0.25, 0.3) is 0 Å². The van der Waals surface area contributed by atoms with Gasteiger partial charge in [0, 0.05) is 34.8 Å². The van der Waals surface area contributed by atoms with E-state index in [9.17, 15) is 4.79 Å². The maximum Gasteiger partial charge on any atom is 0.130 e. The average molecular weight is 382 g/mol. The van der Waals surface area contributed by atoms with Crippen LogP contribution in [0.4, 0.5) is 0 Å². The van der Waals surface area contributed by atoms with Crippen LogP contribution in [0.25, 0.3) is 21.2 Å². The summed E-state index contributed by atoms with van der Waals surface area (Å²) < 4.78 is 7.28. The van der Waals surface area contributed by atoms with Crippen molar-refractivity contribution >= 4 is 27.7 Å². The fourth-order valence-electron chi connectivity index (χ4n) is 3.32. The zero-order chi connectivity index (χ0) is 19.6.